The summed E-state index contributed by atoms with van der Waals surface area (Å²) in [6.45, 7) is 1.35. The largest absolute Gasteiger partial charge is 0.326 e. The van der Waals surface area contributed by atoms with E-state index in [1.54, 1.807) is 0 Å². The predicted octanol–water partition coefficient (Wildman–Crippen LogP) is 1.85. The summed E-state index contributed by atoms with van der Waals surface area (Å²) in [5, 5.41) is 2.54. The average Bonchev–Trinajstić information content (AvgIpc) is 2.46. The third kappa shape index (κ3) is 4.56. The maximum Gasteiger partial charge on any atom is 0.261 e. The molecule has 2 N–H and O–H groups in total. The standard InChI is InChI=1S/C15H16N2O5S2/c1-11(18)16-12-3-9-15(10-4-12)24(21,22)17-13-5-7-14(8-6-13)23(2,19)20/h3-10,17H,1-2H3,(H,16,18). The predicted molar refractivity (Wildman–Crippen MR) is 91.1 cm³/mol. The molecule has 0 unspecified atom stereocenters. The van der Waals surface area contributed by atoms with Crippen LogP contribution in [0.2, 0.25) is 0 Å². The van der Waals surface area contributed by atoms with Crippen LogP contribution >= 0.6 is 0 Å². The van der Waals surface area contributed by atoms with Crippen molar-refractivity contribution in [2.24, 2.45) is 0 Å². The maximum absolute atomic E-state index is 12.3. The maximum atomic E-state index is 12.3. The third-order valence-electron chi connectivity index (χ3n) is 3.02. The van der Waals surface area contributed by atoms with Gasteiger partial charge >= 0.3 is 0 Å². The van der Waals surface area contributed by atoms with Crippen molar-refractivity contribution in [1.29, 1.82) is 0 Å². The van der Waals surface area contributed by atoms with Crippen LogP contribution in [-0.2, 0) is 24.7 Å². The second-order valence-electron chi connectivity index (χ2n) is 5.11. The van der Waals surface area contributed by atoms with Crippen LogP contribution in [0.25, 0.3) is 0 Å². The number of nitrogens with one attached hydrogen (secondary N) is 2. The normalized spacial score (nSPS) is 11.8. The Morgan fingerprint density at radius 2 is 1.25 bits per heavy atom. The molecule has 0 atom stereocenters. The lowest BCUT2D eigenvalue weighted by Gasteiger charge is -2.09. The van der Waals surface area contributed by atoms with E-state index in [0.29, 0.717) is 5.69 Å². The lowest BCUT2D eigenvalue weighted by atomic mass is 10.3. The number of benzene rings is 2. The summed E-state index contributed by atoms with van der Waals surface area (Å²) in [7, 11) is -7.16. The van der Waals surface area contributed by atoms with Crippen molar-refractivity contribution in [1.82, 2.24) is 0 Å². The first-order chi connectivity index (χ1) is 11.1. The molecule has 0 spiro atoms. The Hall–Kier alpha value is -2.39. The molecule has 9 heteroatoms. The van der Waals surface area contributed by atoms with Crippen LogP contribution in [0.4, 0.5) is 11.4 Å². The molecule has 0 aliphatic carbocycles. The van der Waals surface area contributed by atoms with E-state index in [-0.39, 0.29) is 21.4 Å². The van der Waals surface area contributed by atoms with Crippen LogP contribution in [0.3, 0.4) is 0 Å². The molecule has 0 saturated carbocycles. The molecular formula is C15H16N2O5S2. The molecular weight excluding hydrogens is 352 g/mol. The fourth-order valence-electron chi connectivity index (χ4n) is 1.90. The van der Waals surface area contributed by atoms with Gasteiger partial charge in [-0.3, -0.25) is 9.52 Å². The Morgan fingerprint density at radius 3 is 1.71 bits per heavy atom. The Kier molecular flexibility index (Phi) is 4.95. The van der Waals surface area contributed by atoms with Crippen molar-refractivity contribution < 1.29 is 21.6 Å². The van der Waals surface area contributed by atoms with Gasteiger partial charge in [-0.25, -0.2) is 16.8 Å². The highest BCUT2D eigenvalue weighted by Crippen LogP contribution is 2.20. The van der Waals surface area contributed by atoms with E-state index < -0.39 is 19.9 Å². The van der Waals surface area contributed by atoms with Crippen molar-refractivity contribution in [3.63, 3.8) is 0 Å². The van der Waals surface area contributed by atoms with Gasteiger partial charge in [0.2, 0.25) is 5.91 Å². The monoisotopic (exact) mass is 368 g/mol. The minimum absolute atomic E-state index is 0.0174. The van der Waals surface area contributed by atoms with Gasteiger partial charge in [-0.2, -0.15) is 0 Å². The second kappa shape index (κ2) is 6.62. The average molecular weight is 368 g/mol. The molecule has 2 rings (SSSR count). The SMILES string of the molecule is CC(=O)Nc1ccc(S(=O)(=O)Nc2ccc(S(C)(=O)=O)cc2)cc1. The van der Waals surface area contributed by atoms with Gasteiger partial charge in [-0.1, -0.05) is 0 Å². The molecule has 0 fully saturated rings. The van der Waals surface area contributed by atoms with Gasteiger partial charge in [0.15, 0.2) is 9.84 Å². The van der Waals surface area contributed by atoms with Gasteiger partial charge in [0.1, 0.15) is 0 Å². The molecule has 128 valence electrons. The summed E-state index contributed by atoms with van der Waals surface area (Å²) in [5.41, 5.74) is 0.729. The van der Waals surface area contributed by atoms with Crippen LogP contribution in [0.5, 0.6) is 0 Å². The number of sulfone groups is 1. The summed E-state index contributed by atoms with van der Waals surface area (Å²) in [6, 6.07) is 11.1. The number of rotatable bonds is 5. The van der Waals surface area contributed by atoms with E-state index >= 15 is 0 Å². The first-order valence-corrected chi connectivity index (χ1v) is 10.2. The first-order valence-electron chi connectivity index (χ1n) is 6.78. The Balaban J connectivity index is 2.20. The number of anilines is 2. The van der Waals surface area contributed by atoms with E-state index in [0.717, 1.165) is 6.26 Å². The van der Waals surface area contributed by atoms with Gasteiger partial charge in [0, 0.05) is 24.6 Å². The van der Waals surface area contributed by atoms with Crippen molar-refractivity contribution in [3.8, 4) is 0 Å². The number of carbonyl (C=O) groups excluding carboxylic acids is 1. The zero-order chi connectivity index (χ0) is 18.0. The highest BCUT2D eigenvalue weighted by atomic mass is 32.2. The fourth-order valence-corrected chi connectivity index (χ4v) is 3.59. The summed E-state index contributed by atoms with van der Waals surface area (Å²) < 4.78 is 49.7. The summed E-state index contributed by atoms with van der Waals surface area (Å²) in [5.74, 6) is -0.255. The number of carbonyl (C=O) groups is 1. The molecule has 0 saturated heterocycles. The van der Waals surface area contributed by atoms with E-state index in [1.807, 2.05) is 0 Å². The topological polar surface area (TPSA) is 109 Å². The van der Waals surface area contributed by atoms with Crippen LogP contribution in [0, 0.1) is 0 Å². The van der Waals surface area contributed by atoms with E-state index in [2.05, 4.69) is 10.0 Å². The zero-order valence-electron chi connectivity index (χ0n) is 13.0. The molecule has 0 aliphatic rings. The summed E-state index contributed by atoms with van der Waals surface area (Å²) >= 11 is 0. The number of hydrogen-bond donors (Lipinski definition) is 2. The number of amides is 1. The molecule has 0 aromatic heterocycles. The summed E-state index contributed by atoms with van der Waals surface area (Å²) in [4.78, 5) is 11.1. The Morgan fingerprint density at radius 1 is 0.792 bits per heavy atom. The molecule has 0 bridgehead atoms. The zero-order valence-corrected chi connectivity index (χ0v) is 14.6. The molecule has 2 aromatic carbocycles. The minimum Gasteiger partial charge on any atom is -0.326 e. The fraction of sp³-hybridized carbons (Fsp3) is 0.133. The van der Waals surface area contributed by atoms with Gasteiger partial charge < -0.3 is 5.32 Å². The quantitative estimate of drug-likeness (QED) is 0.837. The lowest BCUT2D eigenvalue weighted by molar-refractivity contribution is -0.114. The highest BCUT2D eigenvalue weighted by molar-refractivity contribution is 7.92. The number of hydrogen-bond acceptors (Lipinski definition) is 5. The van der Waals surface area contributed by atoms with Crippen molar-refractivity contribution >= 4 is 37.1 Å². The second-order valence-corrected chi connectivity index (χ2v) is 8.81. The van der Waals surface area contributed by atoms with E-state index in [4.69, 9.17) is 0 Å². The Bertz CT molecular complexity index is 948. The van der Waals surface area contributed by atoms with Gasteiger partial charge in [0.25, 0.3) is 10.0 Å². The molecule has 2 aromatic rings. The van der Waals surface area contributed by atoms with Gasteiger partial charge in [-0.15, -0.1) is 0 Å². The molecule has 0 aliphatic heterocycles. The third-order valence-corrected chi connectivity index (χ3v) is 5.55. The molecule has 24 heavy (non-hydrogen) atoms. The van der Waals surface area contributed by atoms with Crippen LogP contribution < -0.4 is 10.0 Å². The number of sulfonamides is 1. The van der Waals surface area contributed by atoms with E-state index in [1.165, 1.54) is 55.5 Å². The minimum atomic E-state index is -3.82. The summed E-state index contributed by atoms with van der Waals surface area (Å²) in [6.07, 6.45) is 1.07. The van der Waals surface area contributed by atoms with Crippen molar-refractivity contribution in [2.75, 3.05) is 16.3 Å². The highest BCUT2D eigenvalue weighted by Gasteiger charge is 2.15. The van der Waals surface area contributed by atoms with Crippen LogP contribution in [0.1, 0.15) is 6.92 Å². The van der Waals surface area contributed by atoms with Crippen LogP contribution in [0.15, 0.2) is 58.3 Å². The van der Waals surface area contributed by atoms with Crippen LogP contribution in [-0.4, -0.2) is 29.0 Å². The smallest absolute Gasteiger partial charge is 0.261 e. The van der Waals surface area contributed by atoms with Gasteiger partial charge in [-0.05, 0) is 48.5 Å². The van der Waals surface area contributed by atoms with Gasteiger partial charge in [0.05, 0.1) is 9.79 Å². The van der Waals surface area contributed by atoms with Crippen molar-refractivity contribution in [2.45, 2.75) is 16.7 Å². The van der Waals surface area contributed by atoms with E-state index in [9.17, 15) is 21.6 Å². The molecule has 1 amide bonds. The molecule has 7 nitrogen and oxygen atoms in total. The molecule has 0 heterocycles. The first kappa shape index (κ1) is 18.0. The Labute approximate surface area is 140 Å². The molecule has 0 radical (unpaired) electrons. The van der Waals surface area contributed by atoms with Crippen molar-refractivity contribution in [3.05, 3.63) is 48.5 Å². The lowest BCUT2D eigenvalue weighted by Crippen LogP contribution is -2.13.